The monoisotopic (exact) mass is 284 g/mol. The number of rotatable bonds is 5. The highest BCUT2D eigenvalue weighted by Crippen LogP contribution is 2.38. The van der Waals surface area contributed by atoms with Crippen LogP contribution >= 0.6 is 0 Å². The zero-order valence-corrected chi connectivity index (χ0v) is 13.3. The lowest BCUT2D eigenvalue weighted by Gasteiger charge is -2.32. The largest absolute Gasteiger partial charge is 0.481 e. The van der Waals surface area contributed by atoms with Crippen LogP contribution in [0.4, 0.5) is 4.79 Å². The van der Waals surface area contributed by atoms with Crippen LogP contribution in [0.5, 0.6) is 0 Å². The lowest BCUT2D eigenvalue weighted by Crippen LogP contribution is -2.52. The Morgan fingerprint density at radius 1 is 1.40 bits per heavy atom. The van der Waals surface area contributed by atoms with Crippen molar-refractivity contribution in [2.45, 2.75) is 65.5 Å². The molecule has 2 N–H and O–H groups in total. The van der Waals surface area contributed by atoms with Gasteiger partial charge in [0.05, 0.1) is 5.41 Å². The first kappa shape index (κ1) is 16.8. The molecule has 5 nitrogen and oxygen atoms in total. The van der Waals surface area contributed by atoms with Crippen LogP contribution in [0.3, 0.4) is 0 Å². The summed E-state index contributed by atoms with van der Waals surface area (Å²) in [5.74, 6) is -0.297. The van der Waals surface area contributed by atoms with Crippen molar-refractivity contribution in [3.8, 4) is 0 Å². The first-order valence-corrected chi connectivity index (χ1v) is 7.45. The van der Waals surface area contributed by atoms with E-state index in [0.717, 1.165) is 19.3 Å². The summed E-state index contributed by atoms with van der Waals surface area (Å²) in [4.78, 5) is 25.3. The molecule has 1 fully saturated rings. The van der Waals surface area contributed by atoms with Crippen molar-refractivity contribution in [1.29, 1.82) is 0 Å². The molecule has 3 atom stereocenters. The molecule has 0 aromatic rings. The van der Waals surface area contributed by atoms with Gasteiger partial charge < -0.3 is 15.3 Å². The normalized spacial score (nSPS) is 27.4. The van der Waals surface area contributed by atoms with Crippen LogP contribution in [0.25, 0.3) is 0 Å². The van der Waals surface area contributed by atoms with Gasteiger partial charge in [-0.05, 0) is 39.0 Å². The third-order valence-electron chi connectivity index (χ3n) is 4.54. The molecule has 2 amide bonds. The molecule has 20 heavy (non-hydrogen) atoms. The lowest BCUT2D eigenvalue weighted by molar-refractivity contribution is -0.148. The zero-order chi connectivity index (χ0) is 15.5. The molecule has 1 aliphatic carbocycles. The van der Waals surface area contributed by atoms with E-state index in [1.165, 1.54) is 0 Å². The molecule has 0 bridgehead atoms. The Morgan fingerprint density at radius 2 is 2.00 bits per heavy atom. The Bertz CT molecular complexity index is 370. The molecule has 0 aromatic heterocycles. The number of urea groups is 1. The number of nitrogens with one attached hydrogen (secondary N) is 1. The molecule has 116 valence electrons. The fourth-order valence-electron chi connectivity index (χ4n) is 2.95. The summed E-state index contributed by atoms with van der Waals surface area (Å²) in [5, 5.41) is 12.3. The van der Waals surface area contributed by atoms with Crippen LogP contribution in [0, 0.1) is 11.3 Å². The molecule has 1 saturated carbocycles. The van der Waals surface area contributed by atoms with E-state index in [1.54, 1.807) is 18.9 Å². The van der Waals surface area contributed by atoms with Crippen molar-refractivity contribution in [3.05, 3.63) is 0 Å². The van der Waals surface area contributed by atoms with Crippen LogP contribution in [-0.2, 0) is 4.79 Å². The zero-order valence-electron chi connectivity index (χ0n) is 13.3. The summed E-state index contributed by atoms with van der Waals surface area (Å²) in [6.45, 7) is 8.00. The standard InChI is InChI=1S/C15H28N2O3/c1-10(2)9-11(3)17(5)14(20)16-12-7-6-8-15(12,4)13(18)19/h10-12H,6-9H2,1-5H3,(H,16,20)(H,18,19). The van der Waals surface area contributed by atoms with E-state index in [1.807, 2.05) is 6.92 Å². The maximum atomic E-state index is 12.3. The molecule has 1 aliphatic rings. The van der Waals surface area contributed by atoms with E-state index in [2.05, 4.69) is 19.2 Å². The van der Waals surface area contributed by atoms with Gasteiger partial charge >= 0.3 is 12.0 Å². The molecular formula is C15H28N2O3. The summed E-state index contributed by atoms with van der Waals surface area (Å²) in [6.07, 6.45) is 3.14. The van der Waals surface area contributed by atoms with Gasteiger partial charge in [-0.25, -0.2) is 4.79 Å². The number of carbonyl (C=O) groups is 2. The Balaban J connectivity index is 2.64. The number of aliphatic carboxylic acids is 1. The first-order chi connectivity index (χ1) is 9.18. The first-order valence-electron chi connectivity index (χ1n) is 7.45. The van der Waals surface area contributed by atoms with Gasteiger partial charge in [0.15, 0.2) is 0 Å². The second kappa shape index (κ2) is 6.46. The Kier molecular flexibility index (Phi) is 5.42. The van der Waals surface area contributed by atoms with Gasteiger partial charge in [0.1, 0.15) is 0 Å². The van der Waals surface area contributed by atoms with E-state index < -0.39 is 11.4 Å². The third kappa shape index (κ3) is 3.64. The minimum Gasteiger partial charge on any atom is -0.481 e. The number of hydrogen-bond acceptors (Lipinski definition) is 2. The van der Waals surface area contributed by atoms with Gasteiger partial charge in [-0.15, -0.1) is 0 Å². The number of carboxylic acid groups (broad SMARTS) is 1. The van der Waals surface area contributed by atoms with Crippen molar-refractivity contribution in [2.75, 3.05) is 7.05 Å². The minimum atomic E-state index is -0.836. The van der Waals surface area contributed by atoms with Crippen LogP contribution in [0.1, 0.15) is 53.4 Å². The average Bonchev–Trinajstić information content (AvgIpc) is 2.70. The highest BCUT2D eigenvalue weighted by atomic mass is 16.4. The smallest absolute Gasteiger partial charge is 0.317 e. The highest BCUT2D eigenvalue weighted by Gasteiger charge is 2.46. The molecule has 0 aliphatic heterocycles. The molecule has 5 heteroatoms. The fourth-order valence-corrected chi connectivity index (χ4v) is 2.95. The van der Waals surface area contributed by atoms with Crippen molar-refractivity contribution < 1.29 is 14.7 Å². The topological polar surface area (TPSA) is 69.6 Å². The number of amides is 2. The van der Waals surface area contributed by atoms with Gasteiger partial charge in [0, 0.05) is 19.1 Å². The Morgan fingerprint density at radius 3 is 2.50 bits per heavy atom. The molecule has 0 spiro atoms. The number of hydrogen-bond donors (Lipinski definition) is 2. The lowest BCUT2D eigenvalue weighted by atomic mass is 9.85. The van der Waals surface area contributed by atoms with E-state index in [-0.39, 0.29) is 18.1 Å². The molecule has 3 unspecified atom stereocenters. The van der Waals surface area contributed by atoms with E-state index in [4.69, 9.17) is 0 Å². The third-order valence-corrected chi connectivity index (χ3v) is 4.54. The molecule has 1 rings (SSSR count). The van der Waals surface area contributed by atoms with Gasteiger partial charge in [-0.1, -0.05) is 20.3 Å². The molecule has 0 radical (unpaired) electrons. The molecule has 0 saturated heterocycles. The quantitative estimate of drug-likeness (QED) is 0.815. The Hall–Kier alpha value is -1.26. The summed E-state index contributed by atoms with van der Waals surface area (Å²) < 4.78 is 0. The van der Waals surface area contributed by atoms with Crippen LogP contribution in [0.2, 0.25) is 0 Å². The summed E-state index contributed by atoms with van der Waals surface area (Å²) in [5.41, 5.74) is -0.836. The van der Waals surface area contributed by atoms with Gasteiger partial charge in [-0.2, -0.15) is 0 Å². The summed E-state index contributed by atoms with van der Waals surface area (Å²) in [6, 6.07) is -0.300. The second-order valence-electron chi connectivity index (χ2n) is 6.71. The highest BCUT2D eigenvalue weighted by molar-refractivity contribution is 5.79. The molecule has 0 aromatic carbocycles. The van der Waals surface area contributed by atoms with Gasteiger partial charge in [0.25, 0.3) is 0 Å². The Labute approximate surface area is 121 Å². The fraction of sp³-hybridized carbons (Fsp3) is 0.867. The predicted molar refractivity (Wildman–Crippen MR) is 78.6 cm³/mol. The number of carbonyl (C=O) groups excluding carboxylic acids is 1. The van der Waals surface area contributed by atoms with Crippen molar-refractivity contribution in [1.82, 2.24) is 10.2 Å². The van der Waals surface area contributed by atoms with E-state index in [9.17, 15) is 14.7 Å². The average molecular weight is 284 g/mol. The molecular weight excluding hydrogens is 256 g/mol. The second-order valence-corrected chi connectivity index (χ2v) is 6.71. The van der Waals surface area contributed by atoms with Gasteiger partial charge in [-0.3, -0.25) is 4.79 Å². The van der Waals surface area contributed by atoms with Crippen molar-refractivity contribution in [2.24, 2.45) is 11.3 Å². The summed E-state index contributed by atoms with van der Waals surface area (Å²) in [7, 11) is 1.77. The number of nitrogens with zero attached hydrogens (tertiary/aromatic N) is 1. The van der Waals surface area contributed by atoms with Crippen molar-refractivity contribution >= 4 is 12.0 Å². The van der Waals surface area contributed by atoms with E-state index in [0.29, 0.717) is 12.3 Å². The minimum absolute atomic E-state index is 0.146. The SMILES string of the molecule is CC(C)CC(C)N(C)C(=O)NC1CCCC1(C)C(=O)O. The maximum Gasteiger partial charge on any atom is 0.317 e. The van der Waals surface area contributed by atoms with Crippen LogP contribution in [0.15, 0.2) is 0 Å². The van der Waals surface area contributed by atoms with Crippen molar-refractivity contribution in [3.63, 3.8) is 0 Å². The maximum absolute atomic E-state index is 12.3. The van der Waals surface area contributed by atoms with E-state index >= 15 is 0 Å². The summed E-state index contributed by atoms with van der Waals surface area (Å²) >= 11 is 0. The predicted octanol–water partition coefficient (Wildman–Crippen LogP) is 2.71. The number of carboxylic acids is 1. The van der Waals surface area contributed by atoms with Gasteiger partial charge in [0.2, 0.25) is 0 Å². The molecule has 0 heterocycles. The van der Waals surface area contributed by atoms with Crippen LogP contribution in [-0.4, -0.2) is 41.1 Å². The van der Waals surface area contributed by atoms with Crippen LogP contribution < -0.4 is 5.32 Å².